The summed E-state index contributed by atoms with van der Waals surface area (Å²) in [6.45, 7) is 0.396. The van der Waals surface area contributed by atoms with Crippen molar-refractivity contribution in [1.82, 2.24) is 4.72 Å². The van der Waals surface area contributed by atoms with E-state index in [1.54, 1.807) is 12.1 Å². The van der Waals surface area contributed by atoms with Crippen molar-refractivity contribution in [3.05, 3.63) is 29.3 Å². The molecule has 0 bridgehead atoms. The number of carbonyl (C=O) groups is 1. The molecule has 0 atom stereocenters. The first-order chi connectivity index (χ1) is 10.4. The zero-order valence-corrected chi connectivity index (χ0v) is 14.5. The molecule has 0 aliphatic carbocycles. The summed E-state index contributed by atoms with van der Waals surface area (Å²) in [4.78, 5) is 10.5. The van der Waals surface area contributed by atoms with Gasteiger partial charge in [0, 0.05) is 11.6 Å². The van der Waals surface area contributed by atoms with Crippen LogP contribution in [0.25, 0.3) is 0 Å². The maximum atomic E-state index is 12.0. The number of carboxylic acids is 1. The molecule has 0 amide bonds. The van der Waals surface area contributed by atoms with Gasteiger partial charge in [-0.1, -0.05) is 24.4 Å². The van der Waals surface area contributed by atoms with Gasteiger partial charge in [0.1, 0.15) is 0 Å². The van der Waals surface area contributed by atoms with Crippen LogP contribution < -0.4 is 4.72 Å². The van der Waals surface area contributed by atoms with E-state index in [1.165, 1.54) is 23.9 Å². The fourth-order valence-electron chi connectivity index (χ4n) is 1.75. The van der Waals surface area contributed by atoms with Crippen molar-refractivity contribution in [2.24, 2.45) is 0 Å². The Bertz CT molecular complexity index is 561. The Hall–Kier alpha value is -0.760. The zero-order chi connectivity index (χ0) is 16.4. The van der Waals surface area contributed by atoms with Crippen molar-refractivity contribution in [3.8, 4) is 0 Å². The number of halogens is 1. The number of hydrogen-bond donors (Lipinski definition) is 2. The SMILES string of the molecule is O=C(O)CSCCCCCCNS(=O)(=O)c1ccc(Cl)cc1. The van der Waals surface area contributed by atoms with E-state index in [1.807, 2.05) is 0 Å². The van der Waals surface area contributed by atoms with Crippen LogP contribution in [0.5, 0.6) is 0 Å². The summed E-state index contributed by atoms with van der Waals surface area (Å²) < 4.78 is 26.5. The summed E-state index contributed by atoms with van der Waals surface area (Å²) in [5.74, 6) is 0.172. The lowest BCUT2D eigenvalue weighted by Gasteiger charge is -2.06. The van der Waals surface area contributed by atoms with Gasteiger partial charge in [-0.15, -0.1) is 0 Å². The second-order valence-corrected chi connectivity index (χ2v) is 8.02. The van der Waals surface area contributed by atoms with Crippen LogP contribution in [0.3, 0.4) is 0 Å². The topological polar surface area (TPSA) is 83.5 Å². The lowest BCUT2D eigenvalue weighted by molar-refractivity contribution is -0.133. The van der Waals surface area contributed by atoms with E-state index in [0.717, 1.165) is 31.4 Å². The van der Waals surface area contributed by atoms with E-state index >= 15 is 0 Å². The normalized spacial score (nSPS) is 11.5. The van der Waals surface area contributed by atoms with Gasteiger partial charge in [0.15, 0.2) is 0 Å². The van der Waals surface area contributed by atoms with Crippen molar-refractivity contribution in [2.45, 2.75) is 30.6 Å². The average molecular weight is 366 g/mol. The number of aliphatic carboxylic acids is 1. The van der Waals surface area contributed by atoms with Gasteiger partial charge < -0.3 is 5.11 Å². The summed E-state index contributed by atoms with van der Waals surface area (Å²) in [6.07, 6.45) is 3.59. The molecule has 0 aromatic heterocycles. The smallest absolute Gasteiger partial charge is 0.313 e. The van der Waals surface area contributed by atoms with E-state index in [-0.39, 0.29) is 10.6 Å². The average Bonchev–Trinajstić information content (AvgIpc) is 2.45. The van der Waals surface area contributed by atoms with Gasteiger partial charge in [-0.25, -0.2) is 13.1 Å². The number of rotatable bonds is 11. The Labute approximate surface area is 140 Å². The molecule has 0 saturated carbocycles. The summed E-state index contributed by atoms with van der Waals surface area (Å²) in [5.41, 5.74) is 0. The molecule has 0 fully saturated rings. The highest BCUT2D eigenvalue weighted by Crippen LogP contribution is 2.14. The Morgan fingerprint density at radius 1 is 1.14 bits per heavy atom. The molecule has 124 valence electrons. The van der Waals surface area contributed by atoms with Gasteiger partial charge in [0.25, 0.3) is 0 Å². The van der Waals surface area contributed by atoms with Crippen LogP contribution in [-0.2, 0) is 14.8 Å². The van der Waals surface area contributed by atoms with Gasteiger partial charge in [-0.2, -0.15) is 11.8 Å². The van der Waals surface area contributed by atoms with Crippen LogP contribution in [0.1, 0.15) is 25.7 Å². The van der Waals surface area contributed by atoms with Gasteiger partial charge in [0.2, 0.25) is 10.0 Å². The number of nitrogens with one attached hydrogen (secondary N) is 1. The molecular weight excluding hydrogens is 346 g/mol. The third-order valence-corrected chi connectivity index (χ3v) is 5.61. The molecule has 2 N–H and O–H groups in total. The molecule has 0 spiro atoms. The minimum atomic E-state index is -3.47. The highest BCUT2D eigenvalue weighted by molar-refractivity contribution is 7.99. The Morgan fingerprint density at radius 3 is 2.41 bits per heavy atom. The van der Waals surface area contributed by atoms with E-state index in [2.05, 4.69) is 4.72 Å². The van der Waals surface area contributed by atoms with Crippen LogP contribution in [-0.4, -0.2) is 37.5 Å². The lowest BCUT2D eigenvalue weighted by atomic mass is 10.2. The standard InChI is InChI=1S/C14H20ClNO4S2/c15-12-5-7-13(8-6-12)22(19,20)16-9-3-1-2-4-10-21-11-14(17)18/h5-8,16H,1-4,9-11H2,(H,17,18). The zero-order valence-electron chi connectivity index (χ0n) is 12.1. The molecule has 0 radical (unpaired) electrons. The minimum Gasteiger partial charge on any atom is -0.481 e. The van der Waals surface area contributed by atoms with Crippen LogP contribution in [0.2, 0.25) is 5.02 Å². The third-order valence-electron chi connectivity index (χ3n) is 2.86. The van der Waals surface area contributed by atoms with Crippen LogP contribution in [0, 0.1) is 0 Å². The highest BCUT2D eigenvalue weighted by Gasteiger charge is 2.12. The fourth-order valence-corrected chi connectivity index (χ4v) is 3.67. The summed E-state index contributed by atoms with van der Waals surface area (Å²) in [6, 6.07) is 6.05. The number of carboxylic acid groups (broad SMARTS) is 1. The quantitative estimate of drug-likeness (QED) is 0.589. The molecule has 1 aromatic carbocycles. The molecule has 0 aliphatic heterocycles. The Kier molecular flexibility index (Phi) is 8.85. The maximum absolute atomic E-state index is 12.0. The number of hydrogen-bond acceptors (Lipinski definition) is 4. The molecule has 0 heterocycles. The van der Waals surface area contributed by atoms with E-state index < -0.39 is 16.0 Å². The van der Waals surface area contributed by atoms with E-state index in [4.69, 9.17) is 16.7 Å². The third kappa shape index (κ3) is 8.03. The molecule has 22 heavy (non-hydrogen) atoms. The predicted octanol–water partition coefficient (Wildman–Crippen LogP) is 3.00. The van der Waals surface area contributed by atoms with Crippen LogP contribution in [0.4, 0.5) is 0 Å². The van der Waals surface area contributed by atoms with Crippen LogP contribution in [0.15, 0.2) is 29.2 Å². The van der Waals surface area contributed by atoms with Gasteiger partial charge in [-0.3, -0.25) is 4.79 Å². The predicted molar refractivity (Wildman–Crippen MR) is 90.1 cm³/mol. The van der Waals surface area contributed by atoms with Crippen molar-refractivity contribution < 1.29 is 18.3 Å². The number of thioether (sulfide) groups is 1. The summed E-state index contributed by atoms with van der Waals surface area (Å²) >= 11 is 7.13. The van der Waals surface area contributed by atoms with Gasteiger partial charge in [-0.05, 0) is 42.9 Å². The largest absolute Gasteiger partial charge is 0.481 e. The molecule has 0 aliphatic rings. The molecular formula is C14H20ClNO4S2. The summed E-state index contributed by atoms with van der Waals surface area (Å²) in [5, 5.41) is 8.98. The molecule has 5 nitrogen and oxygen atoms in total. The second kappa shape index (κ2) is 10.1. The van der Waals surface area contributed by atoms with Crippen molar-refractivity contribution >= 4 is 39.4 Å². The van der Waals surface area contributed by atoms with E-state index in [9.17, 15) is 13.2 Å². The van der Waals surface area contributed by atoms with E-state index in [0.29, 0.717) is 11.6 Å². The van der Waals surface area contributed by atoms with Crippen molar-refractivity contribution in [3.63, 3.8) is 0 Å². The first-order valence-corrected chi connectivity index (χ1v) is 9.98. The molecule has 1 aromatic rings. The second-order valence-electron chi connectivity index (χ2n) is 4.71. The van der Waals surface area contributed by atoms with Crippen molar-refractivity contribution in [2.75, 3.05) is 18.1 Å². The Morgan fingerprint density at radius 2 is 1.77 bits per heavy atom. The van der Waals surface area contributed by atoms with Crippen LogP contribution >= 0.6 is 23.4 Å². The minimum absolute atomic E-state index is 0.140. The number of unbranched alkanes of at least 4 members (excludes halogenated alkanes) is 3. The first-order valence-electron chi connectivity index (χ1n) is 6.96. The van der Waals surface area contributed by atoms with Crippen molar-refractivity contribution in [1.29, 1.82) is 0 Å². The monoisotopic (exact) mass is 365 g/mol. The first kappa shape index (κ1) is 19.3. The number of benzene rings is 1. The fraction of sp³-hybridized carbons (Fsp3) is 0.500. The molecule has 8 heteroatoms. The molecule has 1 rings (SSSR count). The Balaban J connectivity index is 2.13. The van der Waals surface area contributed by atoms with Gasteiger partial charge in [0.05, 0.1) is 10.6 Å². The molecule has 0 saturated heterocycles. The summed E-state index contributed by atoms with van der Waals surface area (Å²) in [7, 11) is -3.47. The highest BCUT2D eigenvalue weighted by atomic mass is 35.5. The number of sulfonamides is 1. The maximum Gasteiger partial charge on any atom is 0.313 e. The molecule has 0 unspecified atom stereocenters. The van der Waals surface area contributed by atoms with Gasteiger partial charge >= 0.3 is 5.97 Å². The lowest BCUT2D eigenvalue weighted by Crippen LogP contribution is -2.24.